The Morgan fingerprint density at radius 2 is 1.83 bits per heavy atom. The summed E-state index contributed by atoms with van der Waals surface area (Å²) in [5.41, 5.74) is -0.120. The number of carbonyl (C=O) groups excluding carboxylic acids is 3. The van der Waals surface area contributed by atoms with Crippen LogP contribution in [0.25, 0.3) is 0 Å². The van der Waals surface area contributed by atoms with E-state index in [-0.39, 0.29) is 42.6 Å². The van der Waals surface area contributed by atoms with Crippen molar-refractivity contribution in [1.29, 1.82) is 0 Å². The number of amides is 3. The zero-order valence-electron chi connectivity index (χ0n) is 13.1. The van der Waals surface area contributed by atoms with Gasteiger partial charge in [0.25, 0.3) is 5.91 Å². The van der Waals surface area contributed by atoms with Gasteiger partial charge in [-0.1, -0.05) is 0 Å². The molecule has 2 saturated heterocycles. The summed E-state index contributed by atoms with van der Waals surface area (Å²) in [7, 11) is 0. The second-order valence-electron chi connectivity index (χ2n) is 6.18. The quantitative estimate of drug-likeness (QED) is 0.856. The topological polar surface area (TPSA) is 69.7 Å². The smallest absolute Gasteiger partial charge is 0.254 e. The van der Waals surface area contributed by atoms with Crippen LogP contribution in [0.15, 0.2) is 18.2 Å². The van der Waals surface area contributed by atoms with Crippen LogP contribution in [0.2, 0.25) is 0 Å². The minimum atomic E-state index is -0.838. The summed E-state index contributed by atoms with van der Waals surface area (Å²) in [4.78, 5) is 38.8. The molecular formula is C16H17F2N3O3. The summed E-state index contributed by atoms with van der Waals surface area (Å²) >= 11 is 0. The average Bonchev–Trinajstić information content (AvgIpc) is 2.87. The van der Waals surface area contributed by atoms with Crippen LogP contribution in [0, 0.1) is 11.6 Å². The highest BCUT2D eigenvalue weighted by Gasteiger charge is 2.41. The fourth-order valence-electron chi connectivity index (χ4n) is 3.37. The number of rotatable bonds is 2. The van der Waals surface area contributed by atoms with Gasteiger partial charge in [0, 0.05) is 37.7 Å². The molecule has 0 bridgehead atoms. The Labute approximate surface area is 137 Å². The Balaban J connectivity index is 1.74. The first-order valence-corrected chi connectivity index (χ1v) is 7.65. The van der Waals surface area contributed by atoms with Gasteiger partial charge < -0.3 is 15.1 Å². The summed E-state index contributed by atoms with van der Waals surface area (Å²) in [5.74, 6) is -2.66. The molecule has 0 spiro atoms. The van der Waals surface area contributed by atoms with Gasteiger partial charge in [0.2, 0.25) is 11.8 Å². The molecule has 0 aliphatic carbocycles. The maximum Gasteiger partial charge on any atom is 0.254 e. The van der Waals surface area contributed by atoms with Crippen molar-refractivity contribution in [3.63, 3.8) is 0 Å². The van der Waals surface area contributed by atoms with E-state index in [1.807, 2.05) is 0 Å². The Morgan fingerprint density at radius 3 is 2.46 bits per heavy atom. The lowest BCUT2D eigenvalue weighted by Crippen LogP contribution is -2.55. The minimum absolute atomic E-state index is 0.120. The molecule has 1 aromatic rings. The first kappa shape index (κ1) is 16.4. The van der Waals surface area contributed by atoms with E-state index in [9.17, 15) is 23.2 Å². The maximum atomic E-state index is 13.3. The molecule has 2 fully saturated rings. The van der Waals surface area contributed by atoms with E-state index in [4.69, 9.17) is 0 Å². The third-order valence-corrected chi connectivity index (χ3v) is 4.30. The molecule has 0 radical (unpaired) electrons. The zero-order chi connectivity index (χ0) is 17.4. The van der Waals surface area contributed by atoms with Gasteiger partial charge >= 0.3 is 0 Å². The summed E-state index contributed by atoms with van der Waals surface area (Å²) in [6.45, 7) is 1.96. The number of nitrogens with zero attached hydrogens (tertiary/aromatic N) is 2. The standard InChI is InChI=1S/C16H17F2N3O3/c1-9(22)19-13-5-14-7-20(8-15(23)21(14)6-13)16(24)10-2-11(17)4-12(18)3-10/h2-4,13-14H,5-8H2,1H3,(H,19,22)/t13-,14-/m0/s1. The third-order valence-electron chi connectivity index (χ3n) is 4.30. The van der Waals surface area contributed by atoms with Gasteiger partial charge in [-0.05, 0) is 18.6 Å². The monoisotopic (exact) mass is 337 g/mol. The molecular weight excluding hydrogens is 320 g/mol. The number of fused-ring (bicyclic) bond motifs is 1. The van der Waals surface area contributed by atoms with E-state index in [1.165, 1.54) is 11.8 Å². The number of hydrogen-bond donors (Lipinski definition) is 1. The molecule has 2 aliphatic heterocycles. The second kappa shape index (κ2) is 6.18. The van der Waals surface area contributed by atoms with Crippen molar-refractivity contribution in [1.82, 2.24) is 15.1 Å². The zero-order valence-corrected chi connectivity index (χ0v) is 13.1. The lowest BCUT2D eigenvalue weighted by atomic mass is 10.1. The average molecular weight is 337 g/mol. The number of halogens is 2. The lowest BCUT2D eigenvalue weighted by Gasteiger charge is -2.36. The number of carbonyl (C=O) groups is 3. The van der Waals surface area contributed by atoms with Crippen molar-refractivity contribution >= 4 is 17.7 Å². The highest BCUT2D eigenvalue weighted by molar-refractivity contribution is 5.97. The number of piperazine rings is 1. The predicted octanol–water partition coefficient (Wildman–Crippen LogP) is 0.526. The molecule has 2 aliphatic rings. The van der Waals surface area contributed by atoms with Gasteiger partial charge in [-0.15, -0.1) is 0 Å². The molecule has 3 rings (SSSR count). The van der Waals surface area contributed by atoms with Gasteiger partial charge in [-0.2, -0.15) is 0 Å². The van der Waals surface area contributed by atoms with E-state index < -0.39 is 17.5 Å². The normalized spacial score (nSPS) is 23.2. The maximum absolute atomic E-state index is 13.3. The highest BCUT2D eigenvalue weighted by atomic mass is 19.1. The molecule has 2 atom stereocenters. The van der Waals surface area contributed by atoms with Crippen molar-refractivity contribution < 1.29 is 23.2 Å². The Hall–Kier alpha value is -2.51. The van der Waals surface area contributed by atoms with Gasteiger partial charge in [0.05, 0.1) is 6.04 Å². The molecule has 8 heteroatoms. The molecule has 2 heterocycles. The van der Waals surface area contributed by atoms with Crippen molar-refractivity contribution in [3.05, 3.63) is 35.4 Å². The first-order chi connectivity index (χ1) is 11.3. The molecule has 128 valence electrons. The molecule has 0 unspecified atom stereocenters. The Kier molecular flexibility index (Phi) is 4.21. The molecule has 6 nitrogen and oxygen atoms in total. The fourth-order valence-corrected chi connectivity index (χ4v) is 3.37. The first-order valence-electron chi connectivity index (χ1n) is 7.65. The van der Waals surface area contributed by atoms with Gasteiger partial charge in [0.1, 0.15) is 18.2 Å². The third kappa shape index (κ3) is 3.22. The summed E-state index contributed by atoms with van der Waals surface area (Å²) in [5, 5.41) is 2.77. The van der Waals surface area contributed by atoms with Crippen LogP contribution in [-0.2, 0) is 9.59 Å². The van der Waals surface area contributed by atoms with Gasteiger partial charge in [0.15, 0.2) is 0 Å². The lowest BCUT2D eigenvalue weighted by molar-refractivity contribution is -0.136. The molecule has 0 saturated carbocycles. The summed E-state index contributed by atoms with van der Waals surface area (Å²) < 4.78 is 26.6. The number of benzene rings is 1. The van der Waals surface area contributed by atoms with Crippen molar-refractivity contribution in [2.45, 2.75) is 25.4 Å². The SMILES string of the molecule is CC(=O)N[C@H]1C[C@H]2CN(C(=O)c3cc(F)cc(F)c3)CC(=O)N2C1. The summed E-state index contributed by atoms with van der Waals surface area (Å²) in [6, 6.07) is 2.26. The van der Waals surface area contributed by atoms with Crippen LogP contribution in [0.5, 0.6) is 0 Å². The predicted molar refractivity (Wildman–Crippen MR) is 80.0 cm³/mol. The molecule has 24 heavy (non-hydrogen) atoms. The largest absolute Gasteiger partial charge is 0.352 e. The van der Waals surface area contributed by atoms with E-state index >= 15 is 0 Å². The van der Waals surface area contributed by atoms with Crippen LogP contribution >= 0.6 is 0 Å². The van der Waals surface area contributed by atoms with Crippen LogP contribution in [0.4, 0.5) is 8.78 Å². The number of hydrogen-bond acceptors (Lipinski definition) is 3. The molecule has 1 N–H and O–H groups in total. The van der Waals surface area contributed by atoms with E-state index in [0.717, 1.165) is 12.1 Å². The van der Waals surface area contributed by atoms with E-state index in [2.05, 4.69) is 5.32 Å². The Bertz CT molecular complexity index is 690. The summed E-state index contributed by atoms with van der Waals surface area (Å²) in [6.07, 6.45) is 0.548. The highest BCUT2D eigenvalue weighted by Crippen LogP contribution is 2.24. The van der Waals surface area contributed by atoms with Crippen LogP contribution in [0.1, 0.15) is 23.7 Å². The van der Waals surface area contributed by atoms with E-state index in [0.29, 0.717) is 19.0 Å². The van der Waals surface area contributed by atoms with Crippen molar-refractivity contribution in [2.24, 2.45) is 0 Å². The van der Waals surface area contributed by atoms with Gasteiger partial charge in [-0.25, -0.2) is 8.78 Å². The van der Waals surface area contributed by atoms with Crippen LogP contribution < -0.4 is 5.32 Å². The fraction of sp³-hybridized carbons (Fsp3) is 0.438. The van der Waals surface area contributed by atoms with Crippen molar-refractivity contribution in [2.75, 3.05) is 19.6 Å². The Morgan fingerprint density at radius 1 is 1.17 bits per heavy atom. The second-order valence-corrected chi connectivity index (χ2v) is 6.18. The minimum Gasteiger partial charge on any atom is -0.352 e. The molecule has 3 amide bonds. The number of nitrogens with one attached hydrogen (secondary N) is 1. The van der Waals surface area contributed by atoms with E-state index in [1.54, 1.807) is 4.90 Å². The molecule has 0 aromatic heterocycles. The van der Waals surface area contributed by atoms with Crippen molar-refractivity contribution in [3.8, 4) is 0 Å². The molecule has 1 aromatic carbocycles. The van der Waals surface area contributed by atoms with Gasteiger partial charge in [-0.3, -0.25) is 14.4 Å². The van der Waals surface area contributed by atoms with Crippen LogP contribution in [-0.4, -0.2) is 59.2 Å². The van der Waals surface area contributed by atoms with Crippen LogP contribution in [0.3, 0.4) is 0 Å².